The van der Waals surface area contributed by atoms with Gasteiger partial charge in [0.05, 0.1) is 10.6 Å². The third-order valence-corrected chi connectivity index (χ3v) is 4.48. The Morgan fingerprint density at radius 2 is 2.05 bits per heavy atom. The van der Waals surface area contributed by atoms with Crippen LogP contribution in [-0.2, 0) is 0 Å². The smallest absolute Gasteiger partial charge is 0.252 e. The summed E-state index contributed by atoms with van der Waals surface area (Å²) in [5, 5.41) is 3.40. The molecule has 1 aliphatic carbocycles. The SMILES string of the molecule is Cl.Cl.Nc1ccc(C(=O)NCC2CCN(C3CC3)C2)c(Cl)c1. The molecule has 1 saturated heterocycles. The lowest BCUT2D eigenvalue weighted by Gasteiger charge is -2.15. The molecule has 1 aromatic rings. The van der Waals surface area contributed by atoms with Gasteiger partial charge in [-0.25, -0.2) is 0 Å². The molecule has 2 aliphatic rings. The lowest BCUT2D eigenvalue weighted by molar-refractivity contribution is 0.0947. The Morgan fingerprint density at radius 1 is 1.32 bits per heavy atom. The van der Waals surface area contributed by atoms with Crippen molar-refractivity contribution in [1.82, 2.24) is 10.2 Å². The summed E-state index contributed by atoms with van der Waals surface area (Å²) in [5.74, 6) is 0.451. The second kappa shape index (κ2) is 8.25. The number of likely N-dealkylation sites (tertiary alicyclic amines) is 1. The van der Waals surface area contributed by atoms with Gasteiger partial charge >= 0.3 is 0 Å². The highest BCUT2D eigenvalue weighted by Gasteiger charge is 2.34. The molecular weight excluding hydrogens is 345 g/mol. The number of carbonyl (C=O) groups is 1. The zero-order valence-corrected chi connectivity index (χ0v) is 14.6. The molecule has 3 rings (SSSR count). The molecular formula is C15H22Cl3N3O. The number of hydrogen-bond acceptors (Lipinski definition) is 3. The Balaban J connectivity index is 0.00000121. The first-order chi connectivity index (χ1) is 9.63. The van der Waals surface area contributed by atoms with Gasteiger partial charge in [0.1, 0.15) is 0 Å². The number of halogens is 3. The average Bonchev–Trinajstić information content (AvgIpc) is 3.15. The van der Waals surface area contributed by atoms with Gasteiger partial charge in [0.25, 0.3) is 5.91 Å². The van der Waals surface area contributed by atoms with Crippen molar-refractivity contribution in [2.45, 2.75) is 25.3 Å². The summed E-state index contributed by atoms with van der Waals surface area (Å²) in [6.45, 7) is 3.01. The maximum absolute atomic E-state index is 12.1. The third-order valence-electron chi connectivity index (χ3n) is 4.17. The summed E-state index contributed by atoms with van der Waals surface area (Å²) in [5.41, 5.74) is 6.70. The van der Waals surface area contributed by atoms with E-state index in [2.05, 4.69) is 10.2 Å². The Hall–Kier alpha value is -0.680. The van der Waals surface area contributed by atoms with Crippen LogP contribution in [0, 0.1) is 5.92 Å². The van der Waals surface area contributed by atoms with Gasteiger partial charge < -0.3 is 16.0 Å². The van der Waals surface area contributed by atoms with Crippen molar-refractivity contribution in [3.05, 3.63) is 28.8 Å². The van der Waals surface area contributed by atoms with Crippen LogP contribution < -0.4 is 11.1 Å². The molecule has 1 atom stereocenters. The number of nitrogen functional groups attached to an aromatic ring is 1. The number of rotatable bonds is 4. The van der Waals surface area contributed by atoms with Crippen LogP contribution in [-0.4, -0.2) is 36.5 Å². The highest BCUT2D eigenvalue weighted by molar-refractivity contribution is 6.34. The van der Waals surface area contributed by atoms with Crippen LogP contribution >= 0.6 is 36.4 Å². The van der Waals surface area contributed by atoms with E-state index in [-0.39, 0.29) is 30.7 Å². The summed E-state index contributed by atoms with van der Waals surface area (Å²) in [6, 6.07) is 5.81. The monoisotopic (exact) mass is 365 g/mol. The van der Waals surface area contributed by atoms with Gasteiger partial charge in [-0.05, 0) is 49.9 Å². The van der Waals surface area contributed by atoms with Gasteiger partial charge in [-0.1, -0.05) is 11.6 Å². The van der Waals surface area contributed by atoms with Gasteiger partial charge in [0.15, 0.2) is 0 Å². The molecule has 2 fully saturated rings. The Labute approximate surface area is 148 Å². The normalized spacial score (nSPS) is 20.9. The summed E-state index contributed by atoms with van der Waals surface area (Å²) in [4.78, 5) is 14.7. The van der Waals surface area contributed by atoms with Crippen LogP contribution in [0.15, 0.2) is 18.2 Å². The van der Waals surface area contributed by atoms with Crippen LogP contribution in [0.25, 0.3) is 0 Å². The molecule has 1 heterocycles. The maximum Gasteiger partial charge on any atom is 0.252 e. The minimum atomic E-state index is -0.111. The van der Waals surface area contributed by atoms with Crippen molar-refractivity contribution < 1.29 is 4.79 Å². The topological polar surface area (TPSA) is 58.4 Å². The molecule has 3 N–H and O–H groups in total. The van der Waals surface area contributed by atoms with E-state index >= 15 is 0 Å². The minimum absolute atomic E-state index is 0. The summed E-state index contributed by atoms with van der Waals surface area (Å²) >= 11 is 6.04. The highest BCUT2D eigenvalue weighted by Crippen LogP contribution is 2.31. The van der Waals surface area contributed by atoms with Crippen molar-refractivity contribution in [2.24, 2.45) is 5.92 Å². The van der Waals surface area contributed by atoms with Crippen LogP contribution in [0.3, 0.4) is 0 Å². The van der Waals surface area contributed by atoms with Crippen molar-refractivity contribution in [3.63, 3.8) is 0 Å². The number of amides is 1. The molecule has 1 unspecified atom stereocenters. The molecule has 7 heteroatoms. The second-order valence-electron chi connectivity index (χ2n) is 5.83. The van der Waals surface area contributed by atoms with E-state index in [4.69, 9.17) is 17.3 Å². The summed E-state index contributed by atoms with van der Waals surface area (Å²) in [6.07, 6.45) is 3.87. The van der Waals surface area contributed by atoms with Crippen LogP contribution in [0.2, 0.25) is 5.02 Å². The molecule has 0 radical (unpaired) electrons. The van der Waals surface area contributed by atoms with E-state index in [9.17, 15) is 4.79 Å². The predicted molar refractivity (Wildman–Crippen MR) is 95.4 cm³/mol. The zero-order valence-electron chi connectivity index (χ0n) is 12.3. The van der Waals surface area contributed by atoms with E-state index < -0.39 is 0 Å². The van der Waals surface area contributed by atoms with Crippen molar-refractivity contribution >= 4 is 48.0 Å². The van der Waals surface area contributed by atoms with Crippen LogP contribution in [0.4, 0.5) is 5.69 Å². The molecule has 1 aromatic carbocycles. The van der Waals surface area contributed by atoms with Gasteiger partial charge in [0.2, 0.25) is 0 Å². The van der Waals surface area contributed by atoms with E-state index in [0.29, 0.717) is 22.2 Å². The lowest BCUT2D eigenvalue weighted by atomic mass is 10.1. The van der Waals surface area contributed by atoms with Gasteiger partial charge in [0, 0.05) is 24.8 Å². The van der Waals surface area contributed by atoms with Crippen molar-refractivity contribution in [3.8, 4) is 0 Å². The largest absolute Gasteiger partial charge is 0.399 e. The van der Waals surface area contributed by atoms with Crippen LogP contribution in [0.1, 0.15) is 29.6 Å². The molecule has 124 valence electrons. The molecule has 22 heavy (non-hydrogen) atoms. The fraction of sp³-hybridized carbons (Fsp3) is 0.533. The third kappa shape index (κ3) is 4.66. The first-order valence-corrected chi connectivity index (χ1v) is 7.58. The molecule has 1 aliphatic heterocycles. The van der Waals surface area contributed by atoms with Gasteiger partial charge in [-0.3, -0.25) is 4.79 Å². The van der Waals surface area contributed by atoms with Crippen molar-refractivity contribution in [2.75, 3.05) is 25.4 Å². The number of hydrogen-bond donors (Lipinski definition) is 2. The van der Waals surface area contributed by atoms with Crippen molar-refractivity contribution in [1.29, 1.82) is 0 Å². The molecule has 1 saturated carbocycles. The van der Waals surface area contributed by atoms with E-state index in [1.807, 2.05) is 0 Å². The number of anilines is 1. The van der Waals surface area contributed by atoms with E-state index in [1.165, 1.54) is 25.8 Å². The molecule has 0 aromatic heterocycles. The zero-order chi connectivity index (χ0) is 14.1. The van der Waals surface area contributed by atoms with Gasteiger partial charge in [-0.2, -0.15) is 0 Å². The van der Waals surface area contributed by atoms with Crippen LogP contribution in [0.5, 0.6) is 0 Å². The Morgan fingerprint density at radius 3 is 2.68 bits per heavy atom. The predicted octanol–water partition coefficient (Wildman–Crippen LogP) is 2.98. The minimum Gasteiger partial charge on any atom is -0.399 e. The molecule has 1 amide bonds. The van der Waals surface area contributed by atoms with E-state index in [0.717, 1.165) is 19.1 Å². The fourth-order valence-electron chi connectivity index (χ4n) is 2.85. The number of nitrogens with zero attached hydrogens (tertiary/aromatic N) is 1. The first kappa shape index (κ1) is 19.4. The Bertz CT molecular complexity index is 523. The maximum atomic E-state index is 12.1. The Kier molecular flexibility index (Phi) is 7.26. The number of carbonyl (C=O) groups excluding carboxylic acids is 1. The molecule has 4 nitrogen and oxygen atoms in total. The molecule has 0 bridgehead atoms. The fourth-order valence-corrected chi connectivity index (χ4v) is 3.12. The van der Waals surface area contributed by atoms with Gasteiger partial charge in [-0.15, -0.1) is 24.8 Å². The van der Waals surface area contributed by atoms with E-state index in [1.54, 1.807) is 18.2 Å². The average molecular weight is 367 g/mol. The second-order valence-corrected chi connectivity index (χ2v) is 6.24. The highest BCUT2D eigenvalue weighted by atomic mass is 35.5. The molecule has 0 spiro atoms. The number of benzene rings is 1. The lowest BCUT2D eigenvalue weighted by Crippen LogP contribution is -2.31. The number of nitrogens with one attached hydrogen (secondary N) is 1. The number of nitrogens with two attached hydrogens (primary N) is 1. The summed E-state index contributed by atoms with van der Waals surface area (Å²) in [7, 11) is 0. The first-order valence-electron chi connectivity index (χ1n) is 7.21. The standard InChI is InChI=1S/C15H20ClN3O.2ClH/c16-14-7-11(17)1-4-13(14)15(20)18-8-10-5-6-19(9-10)12-2-3-12;;/h1,4,7,10,12H,2-3,5-6,8-9,17H2,(H,18,20);2*1H. The quantitative estimate of drug-likeness (QED) is 0.805. The summed E-state index contributed by atoms with van der Waals surface area (Å²) < 4.78 is 0.